The van der Waals surface area contributed by atoms with E-state index in [1.807, 2.05) is 19.0 Å². The quantitative estimate of drug-likeness (QED) is 0.851. The van der Waals surface area contributed by atoms with Gasteiger partial charge in [0.25, 0.3) is 0 Å². The Morgan fingerprint density at radius 2 is 2.12 bits per heavy atom. The molecule has 0 aromatic heterocycles. The lowest BCUT2D eigenvalue weighted by molar-refractivity contribution is -0.139. The van der Waals surface area contributed by atoms with Crippen LogP contribution in [0, 0.1) is 0 Å². The molecule has 0 aliphatic carbocycles. The van der Waals surface area contributed by atoms with E-state index < -0.39 is 11.9 Å². The van der Waals surface area contributed by atoms with Crippen molar-refractivity contribution in [1.82, 2.24) is 4.90 Å². The van der Waals surface area contributed by atoms with Gasteiger partial charge in [-0.05, 0) is 31.8 Å². The molecule has 0 saturated carbocycles. The Kier molecular flexibility index (Phi) is 3.19. The van der Waals surface area contributed by atoms with Crippen LogP contribution in [0.4, 0.5) is 0 Å². The van der Waals surface area contributed by atoms with Crippen molar-refractivity contribution in [3.05, 3.63) is 23.8 Å². The summed E-state index contributed by atoms with van der Waals surface area (Å²) >= 11 is 0. The molecule has 5 heteroatoms. The summed E-state index contributed by atoms with van der Waals surface area (Å²) in [6.45, 7) is 0.652. The highest BCUT2D eigenvalue weighted by Crippen LogP contribution is 2.34. The molecule has 0 spiro atoms. The summed E-state index contributed by atoms with van der Waals surface area (Å²) in [4.78, 5) is 13.1. The highest BCUT2D eigenvalue weighted by atomic mass is 16.7. The fourth-order valence-corrected chi connectivity index (χ4v) is 1.82. The van der Waals surface area contributed by atoms with E-state index in [2.05, 4.69) is 0 Å². The first kappa shape index (κ1) is 11.7. The maximum absolute atomic E-state index is 11.2. The van der Waals surface area contributed by atoms with E-state index in [0.29, 0.717) is 18.0 Å². The minimum atomic E-state index is -0.836. The number of ether oxygens (including phenoxy) is 2. The molecule has 0 bridgehead atoms. The number of hydrogen-bond acceptors (Lipinski definition) is 4. The molecule has 5 nitrogen and oxygen atoms in total. The summed E-state index contributed by atoms with van der Waals surface area (Å²) in [6.07, 6.45) is 0. The molecule has 17 heavy (non-hydrogen) atoms. The molecule has 1 atom stereocenters. The molecular formula is C12H15NO4. The Bertz CT molecular complexity index is 431. The minimum Gasteiger partial charge on any atom is -0.481 e. The molecule has 1 aliphatic heterocycles. The van der Waals surface area contributed by atoms with Crippen LogP contribution in [-0.4, -0.2) is 43.4 Å². The smallest absolute Gasteiger partial charge is 0.312 e. The van der Waals surface area contributed by atoms with Crippen LogP contribution in [0.2, 0.25) is 0 Å². The van der Waals surface area contributed by atoms with Crippen molar-refractivity contribution in [3.8, 4) is 11.5 Å². The van der Waals surface area contributed by atoms with E-state index >= 15 is 0 Å². The van der Waals surface area contributed by atoms with Gasteiger partial charge in [-0.3, -0.25) is 4.79 Å². The van der Waals surface area contributed by atoms with Gasteiger partial charge < -0.3 is 19.5 Å². The van der Waals surface area contributed by atoms with Gasteiger partial charge in [-0.2, -0.15) is 0 Å². The number of likely N-dealkylation sites (N-methyl/N-ethyl adjacent to an activating group) is 1. The molecule has 0 amide bonds. The van der Waals surface area contributed by atoms with Crippen molar-refractivity contribution >= 4 is 5.97 Å². The first-order chi connectivity index (χ1) is 8.08. The molecule has 1 unspecified atom stereocenters. The van der Waals surface area contributed by atoms with E-state index in [1.54, 1.807) is 18.2 Å². The molecule has 0 radical (unpaired) electrons. The van der Waals surface area contributed by atoms with Gasteiger partial charge in [0, 0.05) is 6.54 Å². The highest BCUT2D eigenvalue weighted by Gasteiger charge is 2.23. The third kappa shape index (κ3) is 2.50. The van der Waals surface area contributed by atoms with Crippen molar-refractivity contribution in [3.63, 3.8) is 0 Å². The monoisotopic (exact) mass is 237 g/mol. The number of nitrogens with zero attached hydrogens (tertiary/aromatic N) is 1. The minimum absolute atomic E-state index is 0.199. The number of carboxylic acid groups (broad SMARTS) is 1. The summed E-state index contributed by atoms with van der Waals surface area (Å²) in [5, 5.41) is 9.23. The molecule has 1 aromatic carbocycles. The van der Waals surface area contributed by atoms with Crippen molar-refractivity contribution in [2.24, 2.45) is 0 Å². The van der Waals surface area contributed by atoms with Crippen LogP contribution in [-0.2, 0) is 4.79 Å². The van der Waals surface area contributed by atoms with Gasteiger partial charge >= 0.3 is 5.97 Å². The van der Waals surface area contributed by atoms with E-state index in [9.17, 15) is 9.90 Å². The Morgan fingerprint density at radius 1 is 1.41 bits per heavy atom. The van der Waals surface area contributed by atoms with Crippen LogP contribution in [0.1, 0.15) is 11.5 Å². The van der Waals surface area contributed by atoms with E-state index in [0.717, 1.165) is 5.56 Å². The third-order valence-electron chi connectivity index (χ3n) is 2.64. The molecule has 0 fully saturated rings. The Labute approximate surface area is 99.6 Å². The lowest BCUT2D eigenvalue weighted by atomic mass is 9.98. The Hall–Kier alpha value is -1.75. The Balaban J connectivity index is 2.27. The van der Waals surface area contributed by atoms with Crippen LogP contribution in [0.5, 0.6) is 11.5 Å². The fourth-order valence-electron chi connectivity index (χ4n) is 1.82. The van der Waals surface area contributed by atoms with E-state index in [4.69, 9.17) is 9.47 Å². The van der Waals surface area contributed by atoms with Crippen LogP contribution < -0.4 is 9.47 Å². The highest BCUT2D eigenvalue weighted by molar-refractivity contribution is 5.76. The second-order valence-corrected chi connectivity index (χ2v) is 4.27. The molecular weight excluding hydrogens is 222 g/mol. The van der Waals surface area contributed by atoms with Gasteiger partial charge in [0.2, 0.25) is 6.79 Å². The predicted molar refractivity (Wildman–Crippen MR) is 61.5 cm³/mol. The Morgan fingerprint density at radius 3 is 2.76 bits per heavy atom. The topological polar surface area (TPSA) is 59.0 Å². The summed E-state index contributed by atoms with van der Waals surface area (Å²) in [5.74, 6) is -0.104. The number of carbonyl (C=O) groups is 1. The maximum Gasteiger partial charge on any atom is 0.312 e. The number of hydrogen-bond donors (Lipinski definition) is 1. The van der Waals surface area contributed by atoms with Gasteiger partial charge in [0.05, 0.1) is 5.92 Å². The second kappa shape index (κ2) is 4.63. The average molecular weight is 237 g/mol. The number of fused-ring (bicyclic) bond motifs is 1. The van der Waals surface area contributed by atoms with Crippen LogP contribution in [0.3, 0.4) is 0 Å². The number of carboxylic acids is 1. The molecule has 1 aliphatic rings. The third-order valence-corrected chi connectivity index (χ3v) is 2.64. The predicted octanol–water partition coefficient (Wildman–Crippen LogP) is 1.15. The summed E-state index contributed by atoms with van der Waals surface area (Å²) in [6, 6.07) is 5.27. The maximum atomic E-state index is 11.2. The SMILES string of the molecule is CN(C)CC(C(=O)O)c1ccc2c(c1)OCO2. The van der Waals surface area contributed by atoms with Crippen molar-refractivity contribution in [2.75, 3.05) is 27.4 Å². The lowest BCUT2D eigenvalue weighted by Gasteiger charge is -2.17. The van der Waals surface area contributed by atoms with Gasteiger partial charge in [-0.15, -0.1) is 0 Å². The van der Waals surface area contributed by atoms with Gasteiger partial charge in [-0.1, -0.05) is 6.07 Å². The summed E-state index contributed by atoms with van der Waals surface area (Å²) in [5.41, 5.74) is 0.732. The first-order valence-electron chi connectivity index (χ1n) is 5.35. The second-order valence-electron chi connectivity index (χ2n) is 4.27. The van der Waals surface area contributed by atoms with Gasteiger partial charge in [0.1, 0.15) is 0 Å². The van der Waals surface area contributed by atoms with Crippen LogP contribution in [0.15, 0.2) is 18.2 Å². The van der Waals surface area contributed by atoms with Crippen LogP contribution in [0.25, 0.3) is 0 Å². The molecule has 1 N–H and O–H groups in total. The normalized spacial score (nSPS) is 15.0. The fraction of sp³-hybridized carbons (Fsp3) is 0.417. The van der Waals surface area contributed by atoms with E-state index in [1.165, 1.54) is 0 Å². The number of benzene rings is 1. The largest absolute Gasteiger partial charge is 0.481 e. The standard InChI is InChI=1S/C12H15NO4/c1-13(2)6-9(12(14)15)8-3-4-10-11(5-8)17-7-16-10/h3-5,9H,6-7H2,1-2H3,(H,14,15). The van der Waals surface area contributed by atoms with E-state index in [-0.39, 0.29) is 6.79 Å². The molecule has 1 aromatic rings. The summed E-state index contributed by atoms with van der Waals surface area (Å²) in [7, 11) is 3.70. The number of aliphatic carboxylic acids is 1. The average Bonchev–Trinajstić information content (AvgIpc) is 2.72. The number of rotatable bonds is 4. The van der Waals surface area contributed by atoms with Crippen molar-refractivity contribution in [1.29, 1.82) is 0 Å². The summed E-state index contributed by atoms with van der Waals surface area (Å²) < 4.78 is 10.4. The van der Waals surface area contributed by atoms with Gasteiger partial charge in [0.15, 0.2) is 11.5 Å². The van der Waals surface area contributed by atoms with Gasteiger partial charge in [-0.25, -0.2) is 0 Å². The zero-order chi connectivity index (χ0) is 12.4. The molecule has 1 heterocycles. The first-order valence-corrected chi connectivity index (χ1v) is 5.35. The molecule has 0 saturated heterocycles. The lowest BCUT2D eigenvalue weighted by Crippen LogP contribution is -2.25. The zero-order valence-corrected chi connectivity index (χ0v) is 9.84. The molecule has 2 rings (SSSR count). The van der Waals surface area contributed by atoms with Crippen LogP contribution >= 0.6 is 0 Å². The van der Waals surface area contributed by atoms with Crippen molar-refractivity contribution in [2.45, 2.75) is 5.92 Å². The molecule has 92 valence electrons. The zero-order valence-electron chi connectivity index (χ0n) is 9.84. The van der Waals surface area contributed by atoms with Crippen molar-refractivity contribution < 1.29 is 19.4 Å².